The number of carbonyl (C=O) groups is 1. The van der Waals surface area contributed by atoms with Crippen LogP contribution in [0.2, 0.25) is 15.1 Å². The summed E-state index contributed by atoms with van der Waals surface area (Å²) in [5.41, 5.74) is 2.57. The summed E-state index contributed by atoms with van der Waals surface area (Å²) >= 11 is 19.0. The Labute approximate surface area is 155 Å². The van der Waals surface area contributed by atoms with Crippen LogP contribution in [-0.4, -0.2) is 18.6 Å². The monoisotopic (exact) mass is 383 g/mol. The maximum absolute atomic E-state index is 12.3. The molecule has 2 atom stereocenters. The van der Waals surface area contributed by atoms with Gasteiger partial charge in [0.25, 0.3) is 0 Å². The van der Waals surface area contributed by atoms with Gasteiger partial charge in [-0.25, -0.2) is 4.79 Å². The van der Waals surface area contributed by atoms with E-state index in [4.69, 9.17) is 39.5 Å². The second-order valence-corrected chi connectivity index (χ2v) is 6.86. The third-order valence-electron chi connectivity index (χ3n) is 4.10. The van der Waals surface area contributed by atoms with E-state index in [9.17, 15) is 4.79 Å². The molecule has 0 amide bonds. The summed E-state index contributed by atoms with van der Waals surface area (Å²) in [4.78, 5) is 12.3. The van der Waals surface area contributed by atoms with Gasteiger partial charge in [-0.1, -0.05) is 53.0 Å². The molecule has 0 radical (unpaired) electrons. The fourth-order valence-electron chi connectivity index (χ4n) is 3.10. The minimum absolute atomic E-state index is 0.117. The summed E-state index contributed by atoms with van der Waals surface area (Å²) < 4.78 is 5.17. The van der Waals surface area contributed by atoms with E-state index in [0.29, 0.717) is 28.1 Å². The van der Waals surface area contributed by atoms with Gasteiger partial charge < -0.3 is 10.1 Å². The molecule has 126 valence electrons. The van der Waals surface area contributed by atoms with Gasteiger partial charge in [0.15, 0.2) is 0 Å². The first kappa shape index (κ1) is 17.4. The lowest BCUT2D eigenvalue weighted by Gasteiger charge is -2.33. The highest BCUT2D eigenvalue weighted by Gasteiger charge is 2.35. The van der Waals surface area contributed by atoms with E-state index in [1.807, 2.05) is 24.3 Å². The Hall–Kier alpha value is -1.42. The molecule has 1 aliphatic heterocycles. The Morgan fingerprint density at radius 3 is 2.67 bits per heavy atom. The highest BCUT2D eigenvalue weighted by atomic mass is 35.5. The predicted molar refractivity (Wildman–Crippen MR) is 98.4 cm³/mol. The van der Waals surface area contributed by atoms with Crippen molar-refractivity contribution in [3.05, 3.63) is 62.6 Å². The lowest BCUT2D eigenvalue weighted by atomic mass is 9.82. The van der Waals surface area contributed by atoms with Gasteiger partial charge >= 0.3 is 5.97 Å². The maximum atomic E-state index is 12.3. The second kappa shape index (κ2) is 7.22. The number of halogens is 3. The lowest BCUT2D eigenvalue weighted by Crippen LogP contribution is -2.37. The van der Waals surface area contributed by atoms with Crippen molar-refractivity contribution >= 4 is 46.5 Å². The van der Waals surface area contributed by atoms with Gasteiger partial charge in [0.1, 0.15) is 6.04 Å². The molecule has 2 unspecified atom stereocenters. The fraction of sp³-hybridized carbons (Fsp3) is 0.278. The molecule has 0 aliphatic carbocycles. The van der Waals surface area contributed by atoms with Crippen LogP contribution in [-0.2, 0) is 9.53 Å². The van der Waals surface area contributed by atoms with E-state index in [1.165, 1.54) is 0 Å². The Balaban J connectivity index is 2.10. The van der Waals surface area contributed by atoms with Crippen LogP contribution < -0.4 is 5.32 Å². The number of hydrogen-bond donors (Lipinski definition) is 1. The molecular weight excluding hydrogens is 369 g/mol. The Kier molecular flexibility index (Phi) is 5.24. The van der Waals surface area contributed by atoms with Gasteiger partial charge in [-0.3, -0.25) is 0 Å². The van der Waals surface area contributed by atoms with Gasteiger partial charge in [-0.05, 0) is 37.1 Å². The molecule has 0 aromatic heterocycles. The Bertz CT molecular complexity index is 779. The first-order valence-electron chi connectivity index (χ1n) is 7.67. The van der Waals surface area contributed by atoms with Crippen molar-refractivity contribution in [2.75, 3.05) is 11.9 Å². The molecule has 3 rings (SSSR count). The predicted octanol–water partition coefficient (Wildman–Crippen LogP) is 5.53. The summed E-state index contributed by atoms with van der Waals surface area (Å²) in [7, 11) is 0. The molecule has 3 nitrogen and oxygen atoms in total. The number of fused-ring (bicyclic) bond motifs is 1. The van der Waals surface area contributed by atoms with Crippen molar-refractivity contribution in [3.63, 3.8) is 0 Å². The molecule has 1 aliphatic rings. The Morgan fingerprint density at radius 1 is 1.21 bits per heavy atom. The molecule has 2 aromatic rings. The van der Waals surface area contributed by atoms with Gasteiger partial charge in [-0.15, -0.1) is 0 Å². The molecule has 2 aromatic carbocycles. The minimum atomic E-state index is -0.478. The first-order valence-corrected chi connectivity index (χ1v) is 8.81. The SMILES string of the molecule is CCOC(=O)C1CC(c2ccccc2Cl)c2c(Cl)cc(Cl)cc2N1. The van der Waals surface area contributed by atoms with E-state index >= 15 is 0 Å². The van der Waals surface area contributed by atoms with E-state index in [0.717, 1.165) is 16.8 Å². The van der Waals surface area contributed by atoms with E-state index in [1.54, 1.807) is 19.1 Å². The molecule has 0 saturated carbocycles. The summed E-state index contributed by atoms with van der Waals surface area (Å²) in [5, 5.41) is 4.90. The van der Waals surface area contributed by atoms with Crippen LogP contribution in [0.1, 0.15) is 30.4 Å². The van der Waals surface area contributed by atoms with Crippen molar-refractivity contribution in [1.29, 1.82) is 0 Å². The first-order chi connectivity index (χ1) is 11.5. The summed E-state index contributed by atoms with van der Waals surface area (Å²) in [6.07, 6.45) is 0.511. The van der Waals surface area contributed by atoms with Crippen molar-refractivity contribution in [1.82, 2.24) is 0 Å². The summed E-state index contributed by atoms with van der Waals surface area (Å²) in [6.45, 7) is 2.12. The Morgan fingerprint density at radius 2 is 1.96 bits per heavy atom. The summed E-state index contributed by atoms with van der Waals surface area (Å²) in [5.74, 6) is -0.412. The van der Waals surface area contributed by atoms with Crippen LogP contribution in [0.3, 0.4) is 0 Å². The maximum Gasteiger partial charge on any atom is 0.328 e. The van der Waals surface area contributed by atoms with E-state index in [2.05, 4.69) is 5.32 Å². The third-order valence-corrected chi connectivity index (χ3v) is 4.97. The van der Waals surface area contributed by atoms with Crippen molar-refractivity contribution in [2.45, 2.75) is 25.3 Å². The van der Waals surface area contributed by atoms with Crippen LogP contribution in [0, 0.1) is 0 Å². The van der Waals surface area contributed by atoms with Crippen LogP contribution >= 0.6 is 34.8 Å². The average Bonchev–Trinajstić information content (AvgIpc) is 2.54. The number of benzene rings is 2. The molecule has 0 bridgehead atoms. The molecule has 1 heterocycles. The molecule has 1 N–H and O–H groups in total. The van der Waals surface area contributed by atoms with Gasteiger partial charge in [-0.2, -0.15) is 0 Å². The van der Waals surface area contributed by atoms with Gasteiger partial charge in [0, 0.05) is 32.2 Å². The molecule has 0 spiro atoms. The average molecular weight is 385 g/mol. The quantitative estimate of drug-likeness (QED) is 0.707. The molecule has 6 heteroatoms. The standard InChI is InChI=1S/C18H16Cl3NO2/c1-2-24-18(23)16-9-12(11-5-3-4-6-13(11)20)17-14(21)7-10(19)8-15(17)22-16/h3-8,12,16,22H,2,9H2,1H3. The molecule has 0 saturated heterocycles. The van der Waals surface area contributed by atoms with E-state index in [-0.39, 0.29) is 11.9 Å². The molecular formula is C18H16Cl3NO2. The minimum Gasteiger partial charge on any atom is -0.464 e. The topological polar surface area (TPSA) is 38.3 Å². The zero-order valence-electron chi connectivity index (χ0n) is 13.0. The van der Waals surface area contributed by atoms with Gasteiger partial charge in [0.05, 0.1) is 6.61 Å². The molecule has 24 heavy (non-hydrogen) atoms. The number of carbonyl (C=O) groups excluding carboxylic acids is 1. The number of ether oxygens (including phenoxy) is 1. The van der Waals surface area contributed by atoms with Crippen LogP contribution in [0.4, 0.5) is 5.69 Å². The van der Waals surface area contributed by atoms with Gasteiger partial charge in [0.2, 0.25) is 0 Å². The number of nitrogens with one attached hydrogen (secondary N) is 1. The van der Waals surface area contributed by atoms with Crippen molar-refractivity contribution in [2.24, 2.45) is 0 Å². The highest BCUT2D eigenvalue weighted by molar-refractivity contribution is 6.36. The third kappa shape index (κ3) is 3.34. The lowest BCUT2D eigenvalue weighted by molar-refractivity contribution is -0.144. The highest BCUT2D eigenvalue weighted by Crippen LogP contribution is 2.45. The zero-order valence-corrected chi connectivity index (χ0v) is 15.3. The fourth-order valence-corrected chi connectivity index (χ4v) is 3.99. The largest absolute Gasteiger partial charge is 0.464 e. The number of esters is 1. The van der Waals surface area contributed by atoms with E-state index < -0.39 is 6.04 Å². The van der Waals surface area contributed by atoms with Crippen LogP contribution in [0.25, 0.3) is 0 Å². The normalized spacial score (nSPS) is 19.3. The van der Waals surface area contributed by atoms with Crippen molar-refractivity contribution in [3.8, 4) is 0 Å². The van der Waals surface area contributed by atoms with Crippen LogP contribution in [0.5, 0.6) is 0 Å². The van der Waals surface area contributed by atoms with Crippen molar-refractivity contribution < 1.29 is 9.53 Å². The smallest absolute Gasteiger partial charge is 0.328 e. The second-order valence-electron chi connectivity index (χ2n) is 5.61. The van der Waals surface area contributed by atoms with Crippen LogP contribution in [0.15, 0.2) is 36.4 Å². The number of rotatable bonds is 3. The summed E-state index contributed by atoms with van der Waals surface area (Å²) in [6, 6.07) is 10.6. The molecule has 0 fully saturated rings. The number of anilines is 1. The number of hydrogen-bond acceptors (Lipinski definition) is 3. The zero-order chi connectivity index (χ0) is 17.3.